The van der Waals surface area contributed by atoms with Crippen LogP contribution in [0.1, 0.15) is 41.6 Å². The molecular formula is C18H22N2O2S. The summed E-state index contributed by atoms with van der Waals surface area (Å²) in [6, 6.07) is 4.07. The lowest BCUT2D eigenvalue weighted by molar-refractivity contribution is 0.0903. The van der Waals surface area contributed by atoms with Gasteiger partial charge in [-0.05, 0) is 56.1 Å². The molecule has 2 saturated carbocycles. The van der Waals surface area contributed by atoms with Crippen molar-refractivity contribution in [3.63, 3.8) is 0 Å². The topological polar surface area (TPSA) is 51.2 Å². The highest BCUT2D eigenvalue weighted by Crippen LogP contribution is 2.48. The van der Waals surface area contributed by atoms with Crippen molar-refractivity contribution < 1.29 is 9.53 Å². The van der Waals surface area contributed by atoms with Gasteiger partial charge >= 0.3 is 0 Å². The molecule has 4 atom stereocenters. The number of fused-ring (bicyclic) bond motifs is 3. The first-order chi connectivity index (χ1) is 11.1. The van der Waals surface area contributed by atoms with E-state index in [1.54, 1.807) is 18.4 Å². The van der Waals surface area contributed by atoms with E-state index >= 15 is 0 Å². The molecule has 1 heterocycles. The molecule has 0 radical (unpaired) electrons. The highest BCUT2D eigenvalue weighted by Gasteiger charge is 2.46. The van der Waals surface area contributed by atoms with Crippen LogP contribution in [-0.4, -0.2) is 24.0 Å². The van der Waals surface area contributed by atoms with Crippen LogP contribution in [0.2, 0.25) is 0 Å². The van der Waals surface area contributed by atoms with E-state index < -0.39 is 0 Å². The maximum atomic E-state index is 13.0. The third-order valence-corrected chi connectivity index (χ3v) is 6.71. The van der Waals surface area contributed by atoms with Gasteiger partial charge in [-0.1, -0.05) is 6.92 Å². The number of thiazole rings is 1. The molecule has 2 bridgehead atoms. The zero-order chi connectivity index (χ0) is 16.1. The predicted octanol–water partition coefficient (Wildman–Crippen LogP) is 3.78. The van der Waals surface area contributed by atoms with Crippen molar-refractivity contribution in [3.05, 3.63) is 22.7 Å². The van der Waals surface area contributed by atoms with E-state index in [-0.39, 0.29) is 5.91 Å². The number of aryl methyl sites for hydroxylation is 1. The Hall–Kier alpha value is -1.62. The molecule has 0 spiro atoms. The van der Waals surface area contributed by atoms with Crippen LogP contribution in [0.4, 0.5) is 0 Å². The molecule has 2 fully saturated rings. The Morgan fingerprint density at radius 2 is 2.13 bits per heavy atom. The fraction of sp³-hybridized carbons (Fsp3) is 0.556. The Balaban J connectivity index is 1.69. The quantitative estimate of drug-likeness (QED) is 0.932. The summed E-state index contributed by atoms with van der Waals surface area (Å²) in [5, 5.41) is 4.28. The number of carbonyl (C=O) groups is 1. The van der Waals surface area contributed by atoms with Crippen LogP contribution in [0.15, 0.2) is 12.1 Å². The maximum Gasteiger partial charge on any atom is 0.256 e. The molecule has 0 saturated heterocycles. The van der Waals surface area contributed by atoms with Gasteiger partial charge in [-0.25, -0.2) is 4.98 Å². The van der Waals surface area contributed by atoms with Crippen molar-refractivity contribution >= 4 is 27.5 Å². The van der Waals surface area contributed by atoms with Crippen molar-refractivity contribution in [2.24, 2.45) is 17.8 Å². The number of methoxy groups -OCH3 is 1. The molecule has 1 N–H and O–H groups in total. The van der Waals surface area contributed by atoms with E-state index in [0.717, 1.165) is 21.1 Å². The zero-order valence-corrected chi connectivity index (χ0v) is 14.6. The van der Waals surface area contributed by atoms with Gasteiger partial charge in [0.05, 0.1) is 22.3 Å². The summed E-state index contributed by atoms with van der Waals surface area (Å²) in [4.78, 5) is 17.5. The minimum atomic E-state index is -0.0134. The standard InChI is InChI=1S/C18H22N2O2S/c1-9-11-4-5-12(8-11)16(9)20-18(21)15-14(22-3)7-6-13-17(15)23-10(2)19-13/h6-7,9,11-12,16H,4-5,8H2,1-3H3,(H,20,21). The van der Waals surface area contributed by atoms with E-state index in [9.17, 15) is 4.79 Å². The van der Waals surface area contributed by atoms with E-state index in [1.807, 2.05) is 19.1 Å². The monoisotopic (exact) mass is 330 g/mol. The summed E-state index contributed by atoms with van der Waals surface area (Å²) in [5.41, 5.74) is 1.52. The Morgan fingerprint density at radius 1 is 1.35 bits per heavy atom. The third-order valence-electron chi connectivity index (χ3n) is 5.70. The number of ether oxygens (including phenoxy) is 1. The first-order valence-electron chi connectivity index (χ1n) is 8.33. The van der Waals surface area contributed by atoms with E-state index in [2.05, 4.69) is 17.2 Å². The number of carbonyl (C=O) groups excluding carboxylic acids is 1. The van der Waals surface area contributed by atoms with Gasteiger partial charge < -0.3 is 10.1 Å². The number of hydrogen-bond acceptors (Lipinski definition) is 4. The number of nitrogens with zero attached hydrogens (tertiary/aromatic N) is 1. The predicted molar refractivity (Wildman–Crippen MR) is 92.2 cm³/mol. The van der Waals surface area contributed by atoms with Gasteiger partial charge in [0.1, 0.15) is 11.3 Å². The number of nitrogens with one attached hydrogen (secondary N) is 1. The van der Waals surface area contributed by atoms with Gasteiger partial charge in [-0.2, -0.15) is 0 Å². The van der Waals surface area contributed by atoms with Crippen LogP contribution in [0.3, 0.4) is 0 Å². The molecule has 4 unspecified atom stereocenters. The minimum absolute atomic E-state index is 0.0134. The van der Waals surface area contributed by atoms with Crippen molar-refractivity contribution in [1.82, 2.24) is 10.3 Å². The Morgan fingerprint density at radius 3 is 2.83 bits per heavy atom. The molecule has 23 heavy (non-hydrogen) atoms. The number of amides is 1. The molecule has 2 aromatic rings. The molecule has 1 amide bonds. The molecule has 4 nitrogen and oxygen atoms in total. The van der Waals surface area contributed by atoms with Crippen LogP contribution in [-0.2, 0) is 0 Å². The molecule has 1 aromatic carbocycles. The average molecular weight is 330 g/mol. The lowest BCUT2D eigenvalue weighted by Gasteiger charge is -2.29. The number of hydrogen-bond donors (Lipinski definition) is 1. The lowest BCUT2D eigenvalue weighted by Crippen LogP contribution is -2.43. The molecule has 1 aromatic heterocycles. The molecule has 2 aliphatic carbocycles. The number of rotatable bonds is 3. The maximum absolute atomic E-state index is 13.0. The SMILES string of the molecule is COc1ccc2nc(C)sc2c1C(=O)NC1C2CCC(C2)C1C. The van der Waals surface area contributed by atoms with Crippen LogP contribution in [0.25, 0.3) is 10.2 Å². The average Bonchev–Trinajstić information content (AvgIpc) is 3.21. The van der Waals surface area contributed by atoms with Crippen molar-refractivity contribution in [2.45, 2.75) is 39.2 Å². The molecule has 2 aliphatic rings. The molecule has 122 valence electrons. The molecular weight excluding hydrogens is 308 g/mol. The van der Waals surface area contributed by atoms with Crippen LogP contribution >= 0.6 is 11.3 Å². The highest BCUT2D eigenvalue weighted by atomic mass is 32.1. The lowest BCUT2D eigenvalue weighted by atomic mass is 9.86. The van der Waals surface area contributed by atoms with E-state index in [1.165, 1.54) is 19.3 Å². The second kappa shape index (κ2) is 5.48. The van der Waals surface area contributed by atoms with Crippen LogP contribution < -0.4 is 10.1 Å². The molecule has 5 heteroatoms. The Labute approximate surface area is 140 Å². The Kier molecular flexibility index (Phi) is 3.56. The summed E-state index contributed by atoms with van der Waals surface area (Å²) in [6.07, 6.45) is 3.85. The van der Waals surface area contributed by atoms with Gasteiger partial charge in [0.2, 0.25) is 0 Å². The summed E-state index contributed by atoms with van der Waals surface area (Å²) < 4.78 is 6.38. The first kappa shape index (κ1) is 14.9. The largest absolute Gasteiger partial charge is 0.496 e. The summed E-state index contributed by atoms with van der Waals surface area (Å²) in [7, 11) is 1.62. The van der Waals surface area contributed by atoms with Gasteiger partial charge in [-0.15, -0.1) is 11.3 Å². The van der Waals surface area contributed by atoms with Crippen molar-refractivity contribution in [1.29, 1.82) is 0 Å². The van der Waals surface area contributed by atoms with Gasteiger partial charge in [0.15, 0.2) is 0 Å². The second-order valence-corrected chi connectivity index (χ2v) is 8.12. The van der Waals surface area contributed by atoms with Crippen LogP contribution in [0, 0.1) is 24.7 Å². The highest BCUT2D eigenvalue weighted by molar-refractivity contribution is 7.19. The second-order valence-electron chi connectivity index (χ2n) is 6.92. The smallest absolute Gasteiger partial charge is 0.256 e. The zero-order valence-electron chi connectivity index (χ0n) is 13.8. The van der Waals surface area contributed by atoms with Gasteiger partial charge in [0, 0.05) is 6.04 Å². The van der Waals surface area contributed by atoms with Crippen LogP contribution in [0.5, 0.6) is 5.75 Å². The summed E-state index contributed by atoms with van der Waals surface area (Å²) in [5.74, 6) is 2.63. The van der Waals surface area contributed by atoms with Crippen molar-refractivity contribution in [3.8, 4) is 5.75 Å². The molecule has 0 aliphatic heterocycles. The normalized spacial score (nSPS) is 29.2. The first-order valence-corrected chi connectivity index (χ1v) is 9.15. The number of benzene rings is 1. The fourth-order valence-corrected chi connectivity index (χ4v) is 5.48. The summed E-state index contributed by atoms with van der Waals surface area (Å²) >= 11 is 1.56. The third kappa shape index (κ3) is 2.33. The van der Waals surface area contributed by atoms with E-state index in [4.69, 9.17) is 4.74 Å². The van der Waals surface area contributed by atoms with Crippen molar-refractivity contribution in [2.75, 3.05) is 7.11 Å². The number of aromatic nitrogens is 1. The Bertz CT molecular complexity index is 768. The fourth-order valence-electron chi connectivity index (χ4n) is 4.52. The van der Waals surface area contributed by atoms with E-state index in [0.29, 0.717) is 29.2 Å². The minimum Gasteiger partial charge on any atom is -0.496 e. The summed E-state index contributed by atoms with van der Waals surface area (Å²) in [6.45, 7) is 4.25. The van der Waals surface area contributed by atoms with Gasteiger partial charge in [-0.3, -0.25) is 4.79 Å². The van der Waals surface area contributed by atoms with Gasteiger partial charge in [0.25, 0.3) is 5.91 Å². The molecule has 4 rings (SSSR count).